The van der Waals surface area contributed by atoms with Crippen LogP contribution in [-0.4, -0.2) is 21.9 Å². The summed E-state index contributed by atoms with van der Waals surface area (Å²) in [6.07, 6.45) is 4.16. The van der Waals surface area contributed by atoms with Crippen molar-refractivity contribution in [1.29, 1.82) is 0 Å². The van der Waals surface area contributed by atoms with Crippen molar-refractivity contribution < 1.29 is 9.18 Å². The summed E-state index contributed by atoms with van der Waals surface area (Å²) in [5.41, 5.74) is 2.60. The van der Waals surface area contributed by atoms with E-state index in [2.05, 4.69) is 34.7 Å². The van der Waals surface area contributed by atoms with E-state index in [0.29, 0.717) is 17.9 Å². The van der Waals surface area contributed by atoms with E-state index >= 15 is 0 Å². The van der Waals surface area contributed by atoms with Gasteiger partial charge in [0.15, 0.2) is 0 Å². The fourth-order valence-corrected chi connectivity index (χ4v) is 3.57. The molecule has 1 unspecified atom stereocenters. The summed E-state index contributed by atoms with van der Waals surface area (Å²) in [6.45, 7) is 0. The summed E-state index contributed by atoms with van der Waals surface area (Å²) >= 11 is 1.68. The van der Waals surface area contributed by atoms with Gasteiger partial charge in [-0.05, 0) is 42.2 Å². The van der Waals surface area contributed by atoms with E-state index < -0.39 is 0 Å². The summed E-state index contributed by atoms with van der Waals surface area (Å²) in [4.78, 5) is 13.4. The molecule has 126 valence electrons. The summed E-state index contributed by atoms with van der Waals surface area (Å²) in [7, 11) is 0. The summed E-state index contributed by atoms with van der Waals surface area (Å²) in [5.74, 6) is 0.153. The molecule has 0 radical (unpaired) electrons. The number of hydrogen-bond donors (Lipinski definition) is 1. The van der Waals surface area contributed by atoms with Crippen molar-refractivity contribution in [3.8, 4) is 5.69 Å². The van der Waals surface area contributed by atoms with Crippen LogP contribution in [0.2, 0.25) is 0 Å². The van der Waals surface area contributed by atoms with E-state index in [-0.39, 0.29) is 17.6 Å². The minimum atomic E-state index is -0.340. The molecule has 0 aliphatic carbocycles. The number of anilines is 1. The van der Waals surface area contributed by atoms with Gasteiger partial charge in [-0.25, -0.2) is 9.07 Å². The maximum atomic E-state index is 13.6. The summed E-state index contributed by atoms with van der Waals surface area (Å²) in [5, 5.41) is 7.27. The lowest BCUT2D eigenvalue weighted by Crippen LogP contribution is -2.24. The Balaban J connectivity index is 1.78. The third-order valence-electron chi connectivity index (χ3n) is 4.39. The predicted octanol–water partition coefficient (Wildman–Crippen LogP) is 4.21. The van der Waals surface area contributed by atoms with Crippen LogP contribution >= 0.6 is 11.8 Å². The third-order valence-corrected chi connectivity index (χ3v) is 5.13. The molecule has 2 aromatic carbocycles. The minimum Gasteiger partial charge on any atom is -0.310 e. The van der Waals surface area contributed by atoms with Gasteiger partial charge >= 0.3 is 0 Å². The Morgan fingerprint density at radius 3 is 2.76 bits per heavy atom. The van der Waals surface area contributed by atoms with Gasteiger partial charge in [-0.1, -0.05) is 18.2 Å². The Hall–Kier alpha value is -2.60. The molecule has 1 aromatic heterocycles. The number of carbonyl (C=O) groups is 1. The van der Waals surface area contributed by atoms with E-state index in [1.807, 2.05) is 6.26 Å². The van der Waals surface area contributed by atoms with Crippen LogP contribution in [0.4, 0.5) is 10.2 Å². The molecule has 4 nitrogen and oxygen atoms in total. The van der Waals surface area contributed by atoms with Gasteiger partial charge in [0.1, 0.15) is 11.6 Å². The number of halogens is 1. The largest absolute Gasteiger partial charge is 0.310 e. The van der Waals surface area contributed by atoms with Crippen molar-refractivity contribution in [3.05, 3.63) is 71.7 Å². The van der Waals surface area contributed by atoms with Gasteiger partial charge in [-0.3, -0.25) is 4.79 Å². The molecular weight excluding hydrogens is 337 g/mol. The molecule has 4 rings (SSSR count). The molecule has 3 aromatic rings. The molecule has 1 aliphatic heterocycles. The van der Waals surface area contributed by atoms with E-state index in [1.54, 1.807) is 34.8 Å². The average molecular weight is 353 g/mol. The fourth-order valence-electron chi connectivity index (χ4n) is 3.16. The first-order valence-corrected chi connectivity index (χ1v) is 9.16. The van der Waals surface area contributed by atoms with Crippen molar-refractivity contribution >= 4 is 23.5 Å². The molecule has 1 N–H and O–H groups in total. The number of amides is 1. The zero-order valence-corrected chi connectivity index (χ0v) is 14.4. The van der Waals surface area contributed by atoms with Crippen LogP contribution < -0.4 is 5.32 Å². The topological polar surface area (TPSA) is 46.9 Å². The average Bonchev–Trinajstić information content (AvgIpc) is 3.05. The Labute approximate surface area is 149 Å². The molecule has 1 aliphatic rings. The van der Waals surface area contributed by atoms with Crippen LogP contribution in [0.15, 0.2) is 59.6 Å². The number of carbonyl (C=O) groups excluding carboxylic acids is 1. The summed E-state index contributed by atoms with van der Waals surface area (Å²) in [6, 6.07) is 14.4. The Kier molecular flexibility index (Phi) is 4.05. The number of hydrogen-bond acceptors (Lipinski definition) is 3. The van der Waals surface area contributed by atoms with Crippen molar-refractivity contribution in [3.63, 3.8) is 0 Å². The van der Waals surface area contributed by atoms with Crippen LogP contribution in [0.3, 0.4) is 0 Å². The SMILES string of the molecule is CSc1ccc(C2CC(=O)Nc3c2cnn3-c2cccc(F)c2)cc1. The highest BCUT2D eigenvalue weighted by atomic mass is 32.2. The number of rotatable bonds is 3. The third kappa shape index (κ3) is 2.93. The zero-order valence-electron chi connectivity index (χ0n) is 13.6. The van der Waals surface area contributed by atoms with E-state index in [1.165, 1.54) is 17.0 Å². The lowest BCUT2D eigenvalue weighted by molar-refractivity contribution is -0.116. The first kappa shape index (κ1) is 15.9. The second kappa shape index (κ2) is 6.37. The smallest absolute Gasteiger partial charge is 0.226 e. The second-order valence-corrected chi connectivity index (χ2v) is 6.80. The van der Waals surface area contributed by atoms with E-state index in [0.717, 1.165) is 11.1 Å². The second-order valence-electron chi connectivity index (χ2n) is 5.92. The maximum absolute atomic E-state index is 13.6. The van der Waals surface area contributed by atoms with Gasteiger partial charge in [-0.2, -0.15) is 5.10 Å². The molecule has 2 heterocycles. The van der Waals surface area contributed by atoms with Gasteiger partial charge in [0.2, 0.25) is 5.91 Å². The molecule has 0 fully saturated rings. The molecule has 0 saturated carbocycles. The van der Waals surface area contributed by atoms with Crippen molar-refractivity contribution in [1.82, 2.24) is 9.78 Å². The molecule has 0 saturated heterocycles. The van der Waals surface area contributed by atoms with Crippen molar-refractivity contribution in [2.24, 2.45) is 0 Å². The van der Waals surface area contributed by atoms with Crippen molar-refractivity contribution in [2.45, 2.75) is 17.2 Å². The minimum absolute atomic E-state index is 0.0537. The normalized spacial score (nSPS) is 16.4. The maximum Gasteiger partial charge on any atom is 0.226 e. The Bertz CT molecular complexity index is 936. The lowest BCUT2D eigenvalue weighted by Gasteiger charge is -2.24. The summed E-state index contributed by atoms with van der Waals surface area (Å²) < 4.78 is 15.1. The molecular formula is C19H16FN3OS. The standard InChI is InChI=1S/C19H16FN3OS/c1-25-15-7-5-12(6-8-15)16-10-18(24)22-19-17(16)11-21-23(19)14-4-2-3-13(20)9-14/h2-9,11,16H,10H2,1H3,(H,22,24). The van der Waals surface area contributed by atoms with E-state index in [9.17, 15) is 9.18 Å². The van der Waals surface area contributed by atoms with Gasteiger partial charge in [0.05, 0.1) is 11.9 Å². The predicted molar refractivity (Wildman–Crippen MR) is 96.8 cm³/mol. The zero-order chi connectivity index (χ0) is 17.4. The molecule has 25 heavy (non-hydrogen) atoms. The molecule has 6 heteroatoms. The van der Waals surface area contributed by atoms with Crippen LogP contribution in [0, 0.1) is 5.82 Å². The number of aromatic nitrogens is 2. The highest BCUT2D eigenvalue weighted by Crippen LogP contribution is 2.38. The molecule has 0 spiro atoms. The van der Waals surface area contributed by atoms with Gasteiger partial charge < -0.3 is 5.32 Å². The first-order valence-electron chi connectivity index (χ1n) is 7.93. The van der Waals surface area contributed by atoms with Crippen LogP contribution in [0.5, 0.6) is 0 Å². The Morgan fingerprint density at radius 1 is 1.24 bits per heavy atom. The van der Waals surface area contributed by atoms with Gasteiger partial charge in [0.25, 0.3) is 0 Å². The van der Waals surface area contributed by atoms with Crippen LogP contribution in [0.25, 0.3) is 5.69 Å². The highest BCUT2D eigenvalue weighted by molar-refractivity contribution is 7.98. The number of benzene rings is 2. The number of nitrogens with one attached hydrogen (secondary N) is 1. The molecule has 1 amide bonds. The lowest BCUT2D eigenvalue weighted by atomic mass is 9.87. The monoisotopic (exact) mass is 353 g/mol. The quantitative estimate of drug-likeness (QED) is 0.718. The van der Waals surface area contributed by atoms with Gasteiger partial charge in [-0.15, -0.1) is 11.8 Å². The highest BCUT2D eigenvalue weighted by Gasteiger charge is 2.30. The number of fused-ring (bicyclic) bond motifs is 1. The Morgan fingerprint density at radius 2 is 2.04 bits per heavy atom. The number of thioether (sulfide) groups is 1. The first-order chi connectivity index (χ1) is 12.2. The fraction of sp³-hybridized carbons (Fsp3) is 0.158. The molecule has 1 atom stereocenters. The van der Waals surface area contributed by atoms with Crippen molar-refractivity contribution in [2.75, 3.05) is 11.6 Å². The van der Waals surface area contributed by atoms with E-state index in [4.69, 9.17) is 0 Å². The van der Waals surface area contributed by atoms with Crippen LogP contribution in [0.1, 0.15) is 23.5 Å². The van der Waals surface area contributed by atoms with Crippen LogP contribution in [-0.2, 0) is 4.79 Å². The van der Waals surface area contributed by atoms with Gasteiger partial charge in [0, 0.05) is 22.8 Å². The number of nitrogens with zero attached hydrogens (tertiary/aromatic N) is 2. The molecule has 0 bridgehead atoms.